The summed E-state index contributed by atoms with van der Waals surface area (Å²) in [4.78, 5) is 4.24. The zero-order valence-corrected chi connectivity index (χ0v) is 12.1. The second kappa shape index (κ2) is 4.01. The Balaban J connectivity index is 2.89. The molecular formula is C15H21N3. The average molecular weight is 243 g/mol. The number of aromatic nitrogens is 3. The van der Waals surface area contributed by atoms with Crippen molar-refractivity contribution in [1.29, 1.82) is 0 Å². The Morgan fingerprint density at radius 1 is 0.889 bits per heavy atom. The summed E-state index contributed by atoms with van der Waals surface area (Å²) < 4.78 is 0. The van der Waals surface area contributed by atoms with E-state index in [1.54, 1.807) is 6.20 Å². The van der Waals surface area contributed by atoms with Crippen LogP contribution in [-0.2, 0) is 10.8 Å². The summed E-state index contributed by atoms with van der Waals surface area (Å²) in [6.45, 7) is 13.2. The van der Waals surface area contributed by atoms with E-state index in [9.17, 15) is 0 Å². The Kier molecular flexibility index (Phi) is 2.88. The highest BCUT2D eigenvalue weighted by Gasteiger charge is 2.29. The zero-order chi connectivity index (χ0) is 13.6. The molecular weight excluding hydrogens is 222 g/mol. The SMILES string of the molecule is CC(C)(C)c1nnc2ccncc2c1C(C)(C)C. The molecule has 0 amide bonds. The first-order valence-corrected chi connectivity index (χ1v) is 6.32. The van der Waals surface area contributed by atoms with Crippen molar-refractivity contribution in [1.82, 2.24) is 15.2 Å². The molecule has 3 nitrogen and oxygen atoms in total. The molecule has 2 aromatic rings. The number of rotatable bonds is 0. The highest BCUT2D eigenvalue weighted by Crippen LogP contribution is 2.35. The molecule has 2 heterocycles. The monoisotopic (exact) mass is 243 g/mol. The van der Waals surface area contributed by atoms with Gasteiger partial charge >= 0.3 is 0 Å². The maximum absolute atomic E-state index is 4.47. The van der Waals surface area contributed by atoms with E-state index in [2.05, 4.69) is 56.7 Å². The Morgan fingerprint density at radius 3 is 2.11 bits per heavy atom. The molecule has 0 saturated carbocycles. The van der Waals surface area contributed by atoms with Crippen LogP contribution in [0.3, 0.4) is 0 Å². The van der Waals surface area contributed by atoms with Gasteiger partial charge in [0.15, 0.2) is 0 Å². The molecule has 0 radical (unpaired) electrons. The van der Waals surface area contributed by atoms with Crippen molar-refractivity contribution in [2.45, 2.75) is 52.4 Å². The molecule has 0 N–H and O–H groups in total. The van der Waals surface area contributed by atoms with Gasteiger partial charge in [-0.15, -0.1) is 0 Å². The standard InChI is InChI=1S/C15H21N3/c1-14(2,3)12-10-9-16-8-7-11(10)17-18-13(12)15(4,5)6/h7-9H,1-6H3. The predicted octanol–water partition coefficient (Wildman–Crippen LogP) is 3.62. The molecule has 0 atom stereocenters. The minimum absolute atomic E-state index is 0.0142. The van der Waals surface area contributed by atoms with Crippen LogP contribution in [0, 0.1) is 0 Å². The topological polar surface area (TPSA) is 38.7 Å². The van der Waals surface area contributed by atoms with Gasteiger partial charge in [0.05, 0.1) is 11.2 Å². The lowest BCUT2D eigenvalue weighted by Gasteiger charge is -2.29. The molecule has 0 fully saturated rings. The van der Waals surface area contributed by atoms with Crippen molar-refractivity contribution in [3.05, 3.63) is 29.7 Å². The van der Waals surface area contributed by atoms with Crippen LogP contribution in [0.25, 0.3) is 10.9 Å². The van der Waals surface area contributed by atoms with Crippen molar-refractivity contribution in [3.63, 3.8) is 0 Å². The molecule has 0 aliphatic carbocycles. The maximum Gasteiger partial charge on any atom is 0.0963 e. The van der Waals surface area contributed by atoms with Crippen molar-refractivity contribution in [2.75, 3.05) is 0 Å². The lowest BCUT2D eigenvalue weighted by Crippen LogP contribution is -2.24. The summed E-state index contributed by atoms with van der Waals surface area (Å²) in [5.41, 5.74) is 3.26. The molecule has 0 saturated heterocycles. The Hall–Kier alpha value is -1.51. The fraction of sp³-hybridized carbons (Fsp3) is 0.533. The van der Waals surface area contributed by atoms with E-state index in [0.717, 1.165) is 16.6 Å². The maximum atomic E-state index is 4.47. The summed E-state index contributed by atoms with van der Waals surface area (Å²) >= 11 is 0. The molecule has 2 aromatic heterocycles. The van der Waals surface area contributed by atoms with E-state index >= 15 is 0 Å². The minimum atomic E-state index is -0.0142. The largest absolute Gasteiger partial charge is 0.264 e. The highest BCUT2D eigenvalue weighted by molar-refractivity contribution is 5.82. The van der Waals surface area contributed by atoms with Crippen molar-refractivity contribution >= 4 is 10.9 Å². The van der Waals surface area contributed by atoms with Crippen LogP contribution < -0.4 is 0 Å². The molecule has 0 bridgehead atoms. The van der Waals surface area contributed by atoms with Gasteiger partial charge in [-0.05, 0) is 17.0 Å². The number of hydrogen-bond acceptors (Lipinski definition) is 3. The third-order valence-electron chi connectivity index (χ3n) is 3.02. The van der Waals surface area contributed by atoms with Gasteiger partial charge in [0, 0.05) is 23.2 Å². The predicted molar refractivity (Wildman–Crippen MR) is 74.7 cm³/mol. The fourth-order valence-electron chi connectivity index (χ4n) is 2.23. The average Bonchev–Trinajstić information content (AvgIpc) is 2.24. The lowest BCUT2D eigenvalue weighted by molar-refractivity contribution is 0.511. The number of nitrogens with zero attached hydrogens (tertiary/aromatic N) is 3. The third kappa shape index (κ3) is 2.22. The molecule has 0 aliphatic rings. The van der Waals surface area contributed by atoms with Gasteiger partial charge in [0.2, 0.25) is 0 Å². The van der Waals surface area contributed by atoms with E-state index in [1.807, 2.05) is 12.3 Å². The van der Waals surface area contributed by atoms with E-state index < -0.39 is 0 Å². The van der Waals surface area contributed by atoms with E-state index in [4.69, 9.17) is 0 Å². The third-order valence-corrected chi connectivity index (χ3v) is 3.02. The summed E-state index contributed by atoms with van der Waals surface area (Å²) in [6.07, 6.45) is 3.67. The molecule has 0 unspecified atom stereocenters. The van der Waals surface area contributed by atoms with Crippen LogP contribution in [0.4, 0.5) is 0 Å². The Morgan fingerprint density at radius 2 is 1.56 bits per heavy atom. The van der Waals surface area contributed by atoms with Crippen LogP contribution in [0.1, 0.15) is 52.8 Å². The first-order chi connectivity index (χ1) is 8.21. The molecule has 3 heteroatoms. The molecule has 0 spiro atoms. The first-order valence-electron chi connectivity index (χ1n) is 6.32. The molecule has 18 heavy (non-hydrogen) atoms. The molecule has 96 valence electrons. The summed E-state index contributed by atoms with van der Waals surface area (Å²) in [6, 6.07) is 1.92. The normalized spacial score (nSPS) is 13.0. The fourth-order valence-corrected chi connectivity index (χ4v) is 2.23. The summed E-state index contributed by atoms with van der Waals surface area (Å²) in [5.74, 6) is 0. The molecule has 0 aromatic carbocycles. The van der Waals surface area contributed by atoms with Gasteiger partial charge in [-0.3, -0.25) is 4.98 Å². The first kappa shape index (κ1) is 12.9. The van der Waals surface area contributed by atoms with Crippen LogP contribution in [0.15, 0.2) is 18.5 Å². The van der Waals surface area contributed by atoms with Crippen molar-refractivity contribution in [3.8, 4) is 0 Å². The Labute approximate surface area is 109 Å². The van der Waals surface area contributed by atoms with Gasteiger partial charge in [0.25, 0.3) is 0 Å². The van der Waals surface area contributed by atoms with Gasteiger partial charge < -0.3 is 0 Å². The van der Waals surface area contributed by atoms with Crippen molar-refractivity contribution in [2.24, 2.45) is 0 Å². The quantitative estimate of drug-likeness (QED) is 0.709. The zero-order valence-electron chi connectivity index (χ0n) is 12.1. The number of pyridine rings is 1. The number of fused-ring (bicyclic) bond motifs is 1. The second-order valence-electron chi connectivity index (χ2n) is 6.82. The number of hydrogen-bond donors (Lipinski definition) is 0. The van der Waals surface area contributed by atoms with Crippen LogP contribution in [0.2, 0.25) is 0 Å². The van der Waals surface area contributed by atoms with Crippen molar-refractivity contribution < 1.29 is 0 Å². The van der Waals surface area contributed by atoms with Gasteiger partial charge in [-0.25, -0.2) is 0 Å². The van der Waals surface area contributed by atoms with E-state index in [-0.39, 0.29) is 10.8 Å². The molecule has 2 rings (SSSR count). The van der Waals surface area contributed by atoms with Gasteiger partial charge in [0.1, 0.15) is 0 Å². The Bertz CT molecular complexity index is 574. The van der Waals surface area contributed by atoms with E-state index in [0.29, 0.717) is 0 Å². The smallest absolute Gasteiger partial charge is 0.0963 e. The molecule has 0 aliphatic heterocycles. The van der Waals surface area contributed by atoms with Gasteiger partial charge in [-0.1, -0.05) is 41.5 Å². The van der Waals surface area contributed by atoms with Crippen LogP contribution >= 0.6 is 0 Å². The van der Waals surface area contributed by atoms with E-state index in [1.165, 1.54) is 5.56 Å². The minimum Gasteiger partial charge on any atom is -0.264 e. The summed E-state index contributed by atoms with van der Waals surface area (Å²) in [7, 11) is 0. The van der Waals surface area contributed by atoms with Gasteiger partial charge in [-0.2, -0.15) is 10.2 Å². The van der Waals surface area contributed by atoms with Crippen LogP contribution in [-0.4, -0.2) is 15.2 Å². The summed E-state index contributed by atoms with van der Waals surface area (Å²) in [5, 5.41) is 9.91. The van der Waals surface area contributed by atoms with Crippen LogP contribution in [0.5, 0.6) is 0 Å². The lowest BCUT2D eigenvalue weighted by atomic mass is 9.77. The second-order valence-corrected chi connectivity index (χ2v) is 6.82. The highest BCUT2D eigenvalue weighted by atomic mass is 15.1.